The number of aromatic nitrogens is 2. The number of thioether (sulfide) groups is 1. The maximum atomic E-state index is 12.2. The van der Waals surface area contributed by atoms with E-state index in [2.05, 4.69) is 9.97 Å². The molecule has 0 saturated heterocycles. The molecular weight excluding hydrogens is 258 g/mol. The fraction of sp³-hybridized carbons (Fsp3) is 0.214. The number of carbonyl (C=O) groups is 1. The predicted octanol–water partition coefficient (Wildman–Crippen LogP) is 2.73. The van der Waals surface area contributed by atoms with E-state index in [4.69, 9.17) is 5.73 Å². The van der Waals surface area contributed by atoms with Crippen molar-refractivity contribution in [3.8, 4) is 0 Å². The standard InChI is InChI=1S/C14H15N3OS/c1-9-8-12(15)17-14(16-9)19-10(2)13(18)11-6-4-3-5-7-11/h3-8,10H,1-2H3,(H2,15,16,17). The third-order valence-electron chi connectivity index (χ3n) is 2.56. The lowest BCUT2D eigenvalue weighted by Crippen LogP contribution is -2.14. The summed E-state index contributed by atoms with van der Waals surface area (Å²) in [5.41, 5.74) is 7.17. The van der Waals surface area contributed by atoms with Gasteiger partial charge in [0.25, 0.3) is 0 Å². The number of anilines is 1. The highest BCUT2D eigenvalue weighted by molar-refractivity contribution is 8.00. The Morgan fingerprint density at radius 3 is 2.58 bits per heavy atom. The van der Waals surface area contributed by atoms with Crippen LogP contribution >= 0.6 is 11.8 Å². The second-order valence-electron chi connectivity index (χ2n) is 4.21. The van der Waals surface area contributed by atoms with Gasteiger partial charge in [0.1, 0.15) is 5.82 Å². The lowest BCUT2D eigenvalue weighted by Gasteiger charge is -2.09. The van der Waals surface area contributed by atoms with E-state index in [1.54, 1.807) is 6.07 Å². The van der Waals surface area contributed by atoms with Crippen LogP contribution in [0.4, 0.5) is 5.82 Å². The van der Waals surface area contributed by atoms with Gasteiger partial charge in [0.05, 0.1) is 5.25 Å². The van der Waals surface area contributed by atoms with Crippen LogP contribution in [0.3, 0.4) is 0 Å². The van der Waals surface area contributed by atoms with Gasteiger partial charge in [-0.05, 0) is 13.8 Å². The highest BCUT2D eigenvalue weighted by Gasteiger charge is 2.17. The van der Waals surface area contributed by atoms with Crippen molar-refractivity contribution in [3.05, 3.63) is 47.7 Å². The summed E-state index contributed by atoms with van der Waals surface area (Å²) in [5, 5.41) is 0.290. The minimum absolute atomic E-state index is 0.0641. The van der Waals surface area contributed by atoms with E-state index in [-0.39, 0.29) is 11.0 Å². The fourth-order valence-corrected chi connectivity index (χ4v) is 2.58. The first-order chi connectivity index (χ1) is 9.06. The van der Waals surface area contributed by atoms with Gasteiger partial charge in [-0.15, -0.1) is 0 Å². The Labute approximate surface area is 116 Å². The zero-order valence-electron chi connectivity index (χ0n) is 10.8. The first-order valence-corrected chi connectivity index (χ1v) is 6.81. The number of hydrogen-bond acceptors (Lipinski definition) is 5. The van der Waals surface area contributed by atoms with Crippen LogP contribution in [0.25, 0.3) is 0 Å². The van der Waals surface area contributed by atoms with Gasteiger partial charge in [-0.2, -0.15) is 0 Å². The number of nitrogens with zero attached hydrogens (tertiary/aromatic N) is 2. The topological polar surface area (TPSA) is 68.9 Å². The summed E-state index contributed by atoms with van der Waals surface area (Å²) in [6.45, 7) is 3.70. The summed E-state index contributed by atoms with van der Waals surface area (Å²) in [5.74, 6) is 0.489. The smallest absolute Gasteiger partial charge is 0.190 e. The number of ketones is 1. The number of carbonyl (C=O) groups excluding carboxylic acids is 1. The van der Waals surface area contributed by atoms with Crippen LogP contribution in [0.2, 0.25) is 0 Å². The lowest BCUT2D eigenvalue weighted by molar-refractivity contribution is 0.0994. The van der Waals surface area contributed by atoms with Gasteiger partial charge in [0, 0.05) is 17.3 Å². The molecule has 2 N–H and O–H groups in total. The minimum atomic E-state index is -0.247. The van der Waals surface area contributed by atoms with Crippen molar-refractivity contribution in [2.75, 3.05) is 5.73 Å². The van der Waals surface area contributed by atoms with Crippen molar-refractivity contribution in [1.82, 2.24) is 9.97 Å². The van der Waals surface area contributed by atoms with Gasteiger partial charge in [0.15, 0.2) is 10.9 Å². The van der Waals surface area contributed by atoms with Gasteiger partial charge in [-0.25, -0.2) is 9.97 Å². The molecule has 2 rings (SSSR count). The van der Waals surface area contributed by atoms with E-state index in [9.17, 15) is 4.79 Å². The molecule has 0 fully saturated rings. The van der Waals surface area contributed by atoms with Gasteiger partial charge < -0.3 is 5.73 Å². The first-order valence-electron chi connectivity index (χ1n) is 5.93. The minimum Gasteiger partial charge on any atom is -0.384 e. The maximum absolute atomic E-state index is 12.2. The summed E-state index contributed by atoms with van der Waals surface area (Å²) in [4.78, 5) is 20.6. The van der Waals surface area contributed by atoms with Crippen molar-refractivity contribution in [1.29, 1.82) is 0 Å². The van der Waals surface area contributed by atoms with E-state index in [1.807, 2.05) is 44.2 Å². The molecule has 19 heavy (non-hydrogen) atoms. The van der Waals surface area contributed by atoms with E-state index < -0.39 is 0 Å². The second-order valence-corrected chi connectivity index (χ2v) is 5.52. The summed E-state index contributed by atoms with van der Waals surface area (Å²) in [7, 11) is 0. The third-order valence-corrected chi connectivity index (χ3v) is 3.52. The molecule has 0 spiro atoms. The number of aryl methyl sites for hydroxylation is 1. The summed E-state index contributed by atoms with van der Waals surface area (Å²) in [6.07, 6.45) is 0. The molecule has 0 radical (unpaired) electrons. The Balaban J connectivity index is 2.13. The second kappa shape index (κ2) is 5.84. The number of nitrogens with two attached hydrogens (primary N) is 1. The SMILES string of the molecule is Cc1cc(N)nc(SC(C)C(=O)c2ccccc2)n1. The molecule has 1 aromatic carbocycles. The van der Waals surface area contributed by atoms with Crippen LogP contribution < -0.4 is 5.73 Å². The molecule has 0 aliphatic rings. The molecule has 1 aromatic heterocycles. The van der Waals surface area contributed by atoms with E-state index >= 15 is 0 Å². The zero-order valence-corrected chi connectivity index (χ0v) is 11.6. The monoisotopic (exact) mass is 273 g/mol. The van der Waals surface area contributed by atoms with Crippen LogP contribution in [0.5, 0.6) is 0 Å². The van der Waals surface area contributed by atoms with E-state index in [1.165, 1.54) is 11.8 Å². The Morgan fingerprint density at radius 2 is 1.95 bits per heavy atom. The van der Waals surface area contributed by atoms with Crippen LogP contribution in [0.1, 0.15) is 23.0 Å². The molecule has 0 saturated carbocycles. The van der Waals surface area contributed by atoms with Crippen molar-refractivity contribution >= 4 is 23.4 Å². The van der Waals surface area contributed by atoms with Crippen molar-refractivity contribution in [3.63, 3.8) is 0 Å². The number of benzene rings is 1. The Bertz CT molecular complexity index is 566. The molecule has 0 bridgehead atoms. The van der Waals surface area contributed by atoms with Crippen LogP contribution in [0.15, 0.2) is 41.6 Å². The molecule has 4 nitrogen and oxygen atoms in total. The average Bonchev–Trinajstić information content (AvgIpc) is 2.37. The summed E-state index contributed by atoms with van der Waals surface area (Å²) < 4.78 is 0. The highest BCUT2D eigenvalue weighted by Crippen LogP contribution is 2.23. The summed E-state index contributed by atoms with van der Waals surface area (Å²) >= 11 is 1.32. The van der Waals surface area contributed by atoms with Crippen molar-refractivity contribution in [2.24, 2.45) is 0 Å². The molecular formula is C14H15N3OS. The lowest BCUT2D eigenvalue weighted by atomic mass is 10.1. The van der Waals surface area contributed by atoms with Crippen LogP contribution in [-0.2, 0) is 0 Å². The predicted molar refractivity (Wildman–Crippen MR) is 77.3 cm³/mol. The number of rotatable bonds is 4. The fourth-order valence-electron chi connectivity index (χ4n) is 1.67. The molecule has 1 unspecified atom stereocenters. The molecule has 1 heterocycles. The largest absolute Gasteiger partial charge is 0.384 e. The zero-order chi connectivity index (χ0) is 13.8. The first kappa shape index (κ1) is 13.5. The van der Waals surface area contributed by atoms with Gasteiger partial charge in [-0.1, -0.05) is 42.1 Å². The average molecular weight is 273 g/mol. The number of Topliss-reactive ketones (excluding diaryl/α,β-unsaturated/α-hetero) is 1. The number of hydrogen-bond donors (Lipinski definition) is 1. The maximum Gasteiger partial charge on any atom is 0.190 e. The molecule has 98 valence electrons. The molecule has 5 heteroatoms. The summed E-state index contributed by atoms with van der Waals surface area (Å²) in [6, 6.07) is 10.9. The third kappa shape index (κ3) is 3.54. The van der Waals surface area contributed by atoms with Crippen LogP contribution in [-0.4, -0.2) is 21.0 Å². The van der Waals surface area contributed by atoms with Crippen molar-refractivity contribution in [2.45, 2.75) is 24.3 Å². The number of nitrogen functional groups attached to an aromatic ring is 1. The molecule has 0 aliphatic heterocycles. The van der Waals surface area contributed by atoms with Gasteiger partial charge in [-0.3, -0.25) is 4.79 Å². The van der Waals surface area contributed by atoms with E-state index in [0.29, 0.717) is 16.5 Å². The normalized spacial score (nSPS) is 12.1. The van der Waals surface area contributed by atoms with Gasteiger partial charge in [0.2, 0.25) is 0 Å². The van der Waals surface area contributed by atoms with E-state index in [0.717, 1.165) is 5.69 Å². The Hall–Kier alpha value is -1.88. The Kier molecular flexibility index (Phi) is 4.16. The quantitative estimate of drug-likeness (QED) is 0.527. The molecule has 0 amide bonds. The Morgan fingerprint density at radius 1 is 1.26 bits per heavy atom. The highest BCUT2D eigenvalue weighted by atomic mass is 32.2. The molecule has 1 atom stereocenters. The molecule has 0 aliphatic carbocycles. The van der Waals surface area contributed by atoms with Gasteiger partial charge >= 0.3 is 0 Å². The van der Waals surface area contributed by atoms with Crippen molar-refractivity contribution < 1.29 is 4.79 Å². The molecule has 2 aromatic rings. The van der Waals surface area contributed by atoms with Crippen LogP contribution in [0, 0.1) is 6.92 Å².